The second-order valence-corrected chi connectivity index (χ2v) is 5.51. The number of hydrogen-bond donors (Lipinski definition) is 1. The Kier molecular flexibility index (Phi) is 3.05. The third-order valence-electron chi connectivity index (χ3n) is 3.66. The summed E-state index contributed by atoms with van der Waals surface area (Å²) in [5, 5.41) is 9.26. The lowest BCUT2D eigenvalue weighted by atomic mass is 9.91. The number of carboxylic acids is 1. The van der Waals surface area contributed by atoms with Crippen LogP contribution in [0.25, 0.3) is 0 Å². The Morgan fingerprint density at radius 2 is 2.00 bits per heavy atom. The van der Waals surface area contributed by atoms with Crippen LogP contribution in [0.5, 0.6) is 11.5 Å². The van der Waals surface area contributed by atoms with Gasteiger partial charge in [-0.2, -0.15) is 0 Å². The van der Waals surface area contributed by atoms with Crippen LogP contribution in [0, 0.1) is 0 Å². The molecule has 0 unspecified atom stereocenters. The summed E-state index contributed by atoms with van der Waals surface area (Å²) in [7, 11) is 0. The molecule has 0 bridgehead atoms. The van der Waals surface area contributed by atoms with Gasteiger partial charge in [-0.1, -0.05) is 11.6 Å². The van der Waals surface area contributed by atoms with Crippen molar-refractivity contribution in [1.29, 1.82) is 0 Å². The number of carboxylic acid groups (broad SMARTS) is 1. The quantitative estimate of drug-likeness (QED) is 0.919. The van der Waals surface area contributed by atoms with Gasteiger partial charge in [-0.3, -0.25) is 4.79 Å². The molecular weight excluding hydrogens is 268 g/mol. The van der Waals surface area contributed by atoms with Gasteiger partial charge in [0.1, 0.15) is 0 Å². The summed E-state index contributed by atoms with van der Waals surface area (Å²) in [6.07, 6.45) is 4.29. The van der Waals surface area contributed by atoms with Gasteiger partial charge in [0, 0.05) is 30.4 Å². The summed E-state index contributed by atoms with van der Waals surface area (Å²) in [6, 6.07) is 3.66. The molecule has 0 amide bonds. The number of aliphatic carboxylic acids is 1. The van der Waals surface area contributed by atoms with Crippen molar-refractivity contribution < 1.29 is 19.4 Å². The summed E-state index contributed by atoms with van der Waals surface area (Å²) < 4.78 is 11.7. The molecule has 2 aliphatic rings. The van der Waals surface area contributed by atoms with Gasteiger partial charge in [-0.15, -0.1) is 0 Å². The van der Waals surface area contributed by atoms with Gasteiger partial charge >= 0.3 is 5.97 Å². The van der Waals surface area contributed by atoms with Gasteiger partial charge in [0.05, 0.1) is 0 Å². The summed E-state index contributed by atoms with van der Waals surface area (Å²) in [5.41, 5.74) is 0.918. The van der Waals surface area contributed by atoms with Crippen LogP contribution in [-0.4, -0.2) is 16.9 Å². The van der Waals surface area contributed by atoms with Crippen LogP contribution in [0.15, 0.2) is 12.1 Å². The highest BCUT2D eigenvalue weighted by molar-refractivity contribution is 6.31. The Morgan fingerprint density at radius 1 is 1.32 bits per heavy atom. The Labute approximate surface area is 116 Å². The Morgan fingerprint density at radius 3 is 2.58 bits per heavy atom. The minimum absolute atomic E-state index is 0.148. The number of carbonyl (C=O) groups is 1. The largest absolute Gasteiger partial charge is 0.481 e. The van der Waals surface area contributed by atoms with E-state index >= 15 is 0 Å². The summed E-state index contributed by atoms with van der Waals surface area (Å²) >= 11 is 6.19. The third-order valence-corrected chi connectivity index (χ3v) is 4.01. The first-order chi connectivity index (χ1) is 9.08. The van der Waals surface area contributed by atoms with E-state index in [1.165, 1.54) is 0 Å². The average molecular weight is 283 g/mol. The van der Waals surface area contributed by atoms with E-state index in [0.29, 0.717) is 23.6 Å². The first kappa shape index (κ1) is 12.6. The number of aryl methyl sites for hydroxylation is 1. The van der Waals surface area contributed by atoms with Crippen molar-refractivity contribution in [1.82, 2.24) is 0 Å². The zero-order valence-corrected chi connectivity index (χ0v) is 11.2. The number of ether oxygens (including phenoxy) is 2. The molecule has 102 valence electrons. The van der Waals surface area contributed by atoms with Crippen molar-refractivity contribution in [2.45, 2.75) is 44.3 Å². The van der Waals surface area contributed by atoms with Crippen molar-refractivity contribution in [3.8, 4) is 11.5 Å². The maximum atomic E-state index is 10.5. The molecule has 1 spiro atoms. The first-order valence-corrected chi connectivity index (χ1v) is 6.88. The number of halogens is 1. The van der Waals surface area contributed by atoms with Crippen LogP contribution in [0.1, 0.15) is 37.7 Å². The molecule has 4 nitrogen and oxygen atoms in total. The molecule has 5 heteroatoms. The molecule has 1 fully saturated rings. The molecule has 19 heavy (non-hydrogen) atoms. The second-order valence-electron chi connectivity index (χ2n) is 5.11. The molecule has 3 rings (SSSR count). The van der Waals surface area contributed by atoms with E-state index in [2.05, 4.69) is 0 Å². The van der Waals surface area contributed by atoms with Gasteiger partial charge in [0.15, 0.2) is 11.5 Å². The highest BCUT2D eigenvalue weighted by atomic mass is 35.5. The van der Waals surface area contributed by atoms with E-state index in [4.69, 9.17) is 26.2 Å². The van der Waals surface area contributed by atoms with Gasteiger partial charge < -0.3 is 14.6 Å². The molecular formula is C14H15ClO4. The van der Waals surface area contributed by atoms with E-state index in [-0.39, 0.29) is 6.42 Å². The lowest BCUT2D eigenvalue weighted by Crippen LogP contribution is -2.45. The molecule has 1 heterocycles. The first-order valence-electron chi connectivity index (χ1n) is 6.50. The highest BCUT2D eigenvalue weighted by Gasteiger charge is 2.47. The molecule has 1 aromatic rings. The van der Waals surface area contributed by atoms with Crippen molar-refractivity contribution in [2.24, 2.45) is 0 Å². The minimum atomic E-state index is -0.787. The highest BCUT2D eigenvalue weighted by Crippen LogP contribution is 2.49. The lowest BCUT2D eigenvalue weighted by Gasteiger charge is -2.35. The van der Waals surface area contributed by atoms with Crippen LogP contribution >= 0.6 is 11.6 Å². The van der Waals surface area contributed by atoms with Crippen molar-refractivity contribution in [3.63, 3.8) is 0 Å². The molecule has 1 aromatic carbocycles. The second kappa shape index (κ2) is 4.60. The average Bonchev–Trinajstić information content (AvgIpc) is 2.67. The van der Waals surface area contributed by atoms with Crippen LogP contribution in [0.4, 0.5) is 0 Å². The SMILES string of the molecule is O=C(O)CCCc1cc2c(cc1Cl)OC1(CCC1)O2. The number of fused-ring (bicyclic) bond motifs is 1. The monoisotopic (exact) mass is 282 g/mol. The number of hydrogen-bond acceptors (Lipinski definition) is 3. The van der Waals surface area contributed by atoms with Crippen molar-refractivity contribution >= 4 is 17.6 Å². The Balaban J connectivity index is 1.73. The van der Waals surface area contributed by atoms with Crippen molar-refractivity contribution in [2.75, 3.05) is 0 Å². The topological polar surface area (TPSA) is 55.8 Å². The molecule has 0 aromatic heterocycles. The smallest absolute Gasteiger partial charge is 0.303 e. The zero-order valence-electron chi connectivity index (χ0n) is 10.4. The molecule has 0 saturated heterocycles. The minimum Gasteiger partial charge on any atom is -0.481 e. The molecule has 1 aliphatic heterocycles. The van der Waals surface area contributed by atoms with Crippen LogP contribution in [0.2, 0.25) is 5.02 Å². The lowest BCUT2D eigenvalue weighted by molar-refractivity contribution is -0.138. The summed E-state index contributed by atoms with van der Waals surface area (Å²) in [4.78, 5) is 10.5. The Hall–Kier alpha value is -1.42. The predicted octanol–water partition coefficient (Wildman–Crippen LogP) is 3.40. The molecule has 1 aliphatic carbocycles. The molecule has 1 saturated carbocycles. The van der Waals surface area contributed by atoms with E-state index in [1.54, 1.807) is 6.07 Å². The third kappa shape index (κ3) is 2.37. The number of benzene rings is 1. The Bertz CT molecular complexity index is 522. The van der Waals surface area contributed by atoms with Gasteiger partial charge in [0.2, 0.25) is 0 Å². The summed E-state index contributed by atoms with van der Waals surface area (Å²) in [6.45, 7) is 0. The van der Waals surface area contributed by atoms with E-state index < -0.39 is 11.8 Å². The van der Waals surface area contributed by atoms with Crippen LogP contribution in [0.3, 0.4) is 0 Å². The van der Waals surface area contributed by atoms with E-state index in [1.807, 2.05) is 6.07 Å². The standard InChI is InChI=1S/C14H15ClO4/c15-10-8-12-11(18-14(19-12)5-2-6-14)7-9(10)3-1-4-13(16)17/h7-8H,1-6H2,(H,16,17). The maximum absolute atomic E-state index is 10.5. The normalized spacial score (nSPS) is 18.4. The van der Waals surface area contributed by atoms with E-state index in [0.717, 1.165) is 30.6 Å². The maximum Gasteiger partial charge on any atom is 0.303 e. The molecule has 0 radical (unpaired) electrons. The molecule has 0 atom stereocenters. The summed E-state index contributed by atoms with van der Waals surface area (Å²) in [5.74, 6) is 0.192. The van der Waals surface area contributed by atoms with Crippen LogP contribution < -0.4 is 9.47 Å². The van der Waals surface area contributed by atoms with Gasteiger partial charge in [-0.25, -0.2) is 0 Å². The van der Waals surface area contributed by atoms with Crippen LogP contribution in [-0.2, 0) is 11.2 Å². The number of rotatable bonds is 4. The fraction of sp³-hybridized carbons (Fsp3) is 0.500. The van der Waals surface area contributed by atoms with Crippen molar-refractivity contribution in [3.05, 3.63) is 22.7 Å². The fourth-order valence-corrected chi connectivity index (χ4v) is 2.70. The molecule has 1 N–H and O–H groups in total. The zero-order chi connectivity index (χ0) is 13.5. The van der Waals surface area contributed by atoms with Gasteiger partial charge in [-0.05, 0) is 30.9 Å². The van der Waals surface area contributed by atoms with E-state index in [9.17, 15) is 4.79 Å². The predicted molar refractivity (Wildman–Crippen MR) is 69.9 cm³/mol. The van der Waals surface area contributed by atoms with Gasteiger partial charge in [0.25, 0.3) is 5.79 Å². The fourth-order valence-electron chi connectivity index (χ4n) is 2.45.